The lowest BCUT2D eigenvalue weighted by Crippen LogP contribution is -2.50. The monoisotopic (exact) mass is 440 g/mol. The zero-order valence-corrected chi connectivity index (χ0v) is 20.3. The second kappa shape index (κ2) is 7.44. The van der Waals surface area contributed by atoms with E-state index in [0.29, 0.717) is 12.0 Å². The largest absolute Gasteiger partial charge is 0.490 e. The minimum absolute atomic E-state index is 0.00495. The van der Waals surface area contributed by atoms with E-state index in [0.717, 1.165) is 54.8 Å². The molecule has 4 aliphatic rings. The molecule has 1 amide bonds. The van der Waals surface area contributed by atoms with Crippen molar-refractivity contribution in [2.45, 2.75) is 103 Å². The Morgan fingerprint density at radius 2 is 1.91 bits per heavy atom. The molecule has 8 heteroatoms. The number of nitrogens with one attached hydrogen (secondary N) is 1. The Morgan fingerprint density at radius 3 is 2.56 bits per heavy atom. The third kappa shape index (κ3) is 3.37. The van der Waals surface area contributed by atoms with Crippen molar-refractivity contribution in [2.75, 3.05) is 0 Å². The van der Waals surface area contributed by atoms with Gasteiger partial charge < -0.3 is 24.9 Å². The number of amides is 1. The molecule has 174 valence electrons. The normalized spacial score (nSPS) is 31.2. The second-order valence-electron chi connectivity index (χ2n) is 11.5. The Kier molecular flexibility index (Phi) is 5.15. The summed E-state index contributed by atoms with van der Waals surface area (Å²) < 4.78 is 12.5. The quantitative estimate of drug-likeness (QED) is 0.700. The molecule has 7 nitrogen and oxygen atoms in total. The number of carbonyl (C=O) groups is 1. The SMILES string of the molecule is CC(C)C(N)C(=O)N1C2CCC(C2)C1c1nc2c([nH]1)CCC(B1OC(C)(C)C(C)(C)O1)=C2. The molecule has 2 bridgehead atoms. The number of aromatic amines is 1. The van der Waals surface area contributed by atoms with Gasteiger partial charge in [0.25, 0.3) is 0 Å². The number of nitrogens with two attached hydrogens (primary N) is 1. The predicted octanol–water partition coefficient (Wildman–Crippen LogP) is 3.41. The van der Waals surface area contributed by atoms with Crippen molar-refractivity contribution in [1.82, 2.24) is 14.9 Å². The fourth-order valence-electron chi connectivity index (χ4n) is 5.71. The summed E-state index contributed by atoms with van der Waals surface area (Å²) in [7, 11) is -0.335. The van der Waals surface area contributed by atoms with E-state index >= 15 is 0 Å². The summed E-state index contributed by atoms with van der Waals surface area (Å²) in [6.45, 7) is 12.3. The number of H-pyrrole nitrogens is 1. The fourth-order valence-corrected chi connectivity index (χ4v) is 5.71. The number of aromatic nitrogens is 2. The second-order valence-corrected chi connectivity index (χ2v) is 11.5. The highest BCUT2D eigenvalue weighted by molar-refractivity contribution is 6.55. The number of carbonyl (C=O) groups excluding carboxylic acids is 1. The molecule has 1 aromatic heterocycles. The first-order valence-corrected chi connectivity index (χ1v) is 12.2. The van der Waals surface area contributed by atoms with Crippen LogP contribution < -0.4 is 5.73 Å². The molecule has 2 saturated heterocycles. The highest BCUT2D eigenvalue weighted by Gasteiger charge is 2.53. The van der Waals surface area contributed by atoms with Gasteiger partial charge in [0.1, 0.15) is 5.82 Å². The highest BCUT2D eigenvalue weighted by atomic mass is 16.7. The van der Waals surface area contributed by atoms with Crippen LogP contribution in [0.1, 0.15) is 90.5 Å². The smallest absolute Gasteiger partial charge is 0.400 e. The van der Waals surface area contributed by atoms with E-state index in [4.69, 9.17) is 20.0 Å². The van der Waals surface area contributed by atoms with E-state index in [1.807, 2.05) is 13.8 Å². The average molecular weight is 440 g/mol. The van der Waals surface area contributed by atoms with Crippen LogP contribution in [-0.2, 0) is 20.5 Å². The van der Waals surface area contributed by atoms with Crippen molar-refractivity contribution in [1.29, 1.82) is 0 Å². The summed E-state index contributed by atoms with van der Waals surface area (Å²) in [4.78, 5) is 23.9. The van der Waals surface area contributed by atoms with Crippen LogP contribution in [0.15, 0.2) is 5.47 Å². The zero-order chi connectivity index (χ0) is 23.0. The molecule has 3 N–H and O–H groups in total. The molecule has 1 saturated carbocycles. The minimum atomic E-state index is -0.462. The number of imidazole rings is 1. The summed E-state index contributed by atoms with van der Waals surface area (Å²) in [5, 5.41) is 0. The zero-order valence-electron chi connectivity index (χ0n) is 20.3. The number of rotatable bonds is 4. The molecular weight excluding hydrogens is 403 g/mol. The summed E-state index contributed by atoms with van der Waals surface area (Å²) >= 11 is 0. The van der Waals surface area contributed by atoms with Crippen LogP contribution in [0.25, 0.3) is 6.08 Å². The van der Waals surface area contributed by atoms with Crippen LogP contribution in [0, 0.1) is 11.8 Å². The number of aryl methyl sites for hydroxylation is 1. The Hall–Kier alpha value is -1.64. The number of hydrogen-bond acceptors (Lipinski definition) is 5. The Morgan fingerprint density at radius 1 is 1.22 bits per heavy atom. The lowest BCUT2D eigenvalue weighted by molar-refractivity contribution is -0.138. The van der Waals surface area contributed by atoms with Crippen molar-refractivity contribution in [3.63, 3.8) is 0 Å². The number of hydrogen-bond donors (Lipinski definition) is 2. The fraction of sp³-hybridized carbons (Fsp3) is 0.750. The highest BCUT2D eigenvalue weighted by Crippen LogP contribution is 2.50. The molecule has 0 spiro atoms. The Bertz CT molecular complexity index is 937. The van der Waals surface area contributed by atoms with Gasteiger partial charge in [0.15, 0.2) is 0 Å². The van der Waals surface area contributed by atoms with E-state index in [1.165, 1.54) is 0 Å². The summed E-state index contributed by atoms with van der Waals surface area (Å²) in [5.41, 5.74) is 8.81. The van der Waals surface area contributed by atoms with Crippen molar-refractivity contribution < 1.29 is 14.1 Å². The Balaban J connectivity index is 1.41. The molecule has 4 atom stereocenters. The number of likely N-dealkylation sites (tertiary alicyclic amines) is 1. The minimum Gasteiger partial charge on any atom is -0.400 e. The van der Waals surface area contributed by atoms with Gasteiger partial charge in [-0.25, -0.2) is 4.98 Å². The molecule has 5 rings (SSSR count). The number of nitrogens with zero attached hydrogens (tertiary/aromatic N) is 2. The third-order valence-electron chi connectivity index (χ3n) is 8.49. The molecular formula is C24H37BN4O3. The van der Waals surface area contributed by atoms with E-state index in [-0.39, 0.29) is 36.2 Å². The van der Waals surface area contributed by atoms with E-state index in [2.05, 4.69) is 43.7 Å². The maximum atomic E-state index is 13.3. The van der Waals surface area contributed by atoms with Gasteiger partial charge in [-0.2, -0.15) is 0 Å². The van der Waals surface area contributed by atoms with Gasteiger partial charge in [0.2, 0.25) is 5.91 Å². The van der Waals surface area contributed by atoms with Crippen molar-refractivity contribution >= 4 is 19.1 Å². The topological polar surface area (TPSA) is 93.5 Å². The van der Waals surface area contributed by atoms with Crippen LogP contribution >= 0.6 is 0 Å². The average Bonchev–Trinajstić information content (AvgIpc) is 3.47. The van der Waals surface area contributed by atoms with Crippen LogP contribution in [0.4, 0.5) is 0 Å². The molecule has 2 aliphatic heterocycles. The maximum absolute atomic E-state index is 13.3. The van der Waals surface area contributed by atoms with Gasteiger partial charge in [0, 0.05) is 11.7 Å². The molecule has 32 heavy (non-hydrogen) atoms. The Labute approximate surface area is 191 Å². The molecule has 0 radical (unpaired) electrons. The van der Waals surface area contributed by atoms with Gasteiger partial charge in [-0.1, -0.05) is 13.8 Å². The summed E-state index contributed by atoms with van der Waals surface area (Å²) in [6, 6.07) is -0.165. The summed E-state index contributed by atoms with van der Waals surface area (Å²) in [5.74, 6) is 1.57. The van der Waals surface area contributed by atoms with Gasteiger partial charge in [0.05, 0.1) is 29.0 Å². The van der Waals surface area contributed by atoms with Crippen molar-refractivity contribution in [3.8, 4) is 0 Å². The number of fused-ring (bicyclic) bond motifs is 3. The lowest BCUT2D eigenvalue weighted by atomic mass is 9.73. The predicted molar refractivity (Wildman–Crippen MR) is 124 cm³/mol. The van der Waals surface area contributed by atoms with Gasteiger partial charge in [-0.15, -0.1) is 0 Å². The van der Waals surface area contributed by atoms with Crippen molar-refractivity contribution in [2.24, 2.45) is 17.6 Å². The standard InChI is InChI=1S/C24H37BN4O3/c1-13(2)19(26)22(30)29-16-9-7-14(11-16)20(29)21-27-17-10-8-15(12-18(17)28-21)25-31-23(3,4)24(5,6)32-25/h12-14,16,19-20H,7-11,26H2,1-6H3,(H,27,28). The van der Waals surface area contributed by atoms with Gasteiger partial charge >= 0.3 is 7.12 Å². The van der Waals surface area contributed by atoms with Crippen LogP contribution in [-0.4, -0.2) is 51.2 Å². The molecule has 3 heterocycles. The van der Waals surface area contributed by atoms with Gasteiger partial charge in [-0.3, -0.25) is 4.79 Å². The first-order valence-electron chi connectivity index (χ1n) is 12.2. The van der Waals surface area contributed by atoms with E-state index in [1.54, 1.807) is 0 Å². The van der Waals surface area contributed by atoms with Gasteiger partial charge in [-0.05, 0) is 83.2 Å². The number of piperidine rings is 1. The molecule has 2 aliphatic carbocycles. The first-order chi connectivity index (χ1) is 15.0. The molecule has 0 aromatic carbocycles. The summed E-state index contributed by atoms with van der Waals surface area (Å²) in [6.07, 6.45) is 7.16. The van der Waals surface area contributed by atoms with E-state index < -0.39 is 6.04 Å². The number of allylic oxidation sites excluding steroid dienone is 1. The third-order valence-corrected chi connectivity index (χ3v) is 8.49. The van der Waals surface area contributed by atoms with Crippen LogP contribution in [0.5, 0.6) is 0 Å². The van der Waals surface area contributed by atoms with E-state index in [9.17, 15) is 4.79 Å². The first kappa shape index (κ1) is 22.2. The molecule has 3 fully saturated rings. The van der Waals surface area contributed by atoms with Crippen LogP contribution in [0.2, 0.25) is 0 Å². The molecule has 4 unspecified atom stereocenters. The maximum Gasteiger partial charge on any atom is 0.490 e. The lowest BCUT2D eigenvalue weighted by Gasteiger charge is -2.36. The van der Waals surface area contributed by atoms with Crippen LogP contribution in [0.3, 0.4) is 0 Å². The molecule has 1 aromatic rings. The van der Waals surface area contributed by atoms with Crippen molar-refractivity contribution in [3.05, 3.63) is 22.7 Å².